The highest BCUT2D eigenvalue weighted by molar-refractivity contribution is 5.22. The van der Waals surface area contributed by atoms with Gasteiger partial charge in [0.1, 0.15) is 5.82 Å². The van der Waals surface area contributed by atoms with Crippen molar-refractivity contribution in [3.05, 3.63) is 35.2 Å². The second-order valence-electron chi connectivity index (χ2n) is 6.34. The van der Waals surface area contributed by atoms with E-state index in [2.05, 4.69) is 32.8 Å². The molecule has 2 aliphatic rings. The van der Waals surface area contributed by atoms with Gasteiger partial charge in [-0.15, -0.1) is 0 Å². The van der Waals surface area contributed by atoms with Gasteiger partial charge in [0.05, 0.1) is 11.7 Å². The molecule has 21 heavy (non-hydrogen) atoms. The largest absolute Gasteiger partial charge is 0.334 e. The van der Waals surface area contributed by atoms with Gasteiger partial charge >= 0.3 is 0 Å². The molecule has 1 fully saturated rings. The van der Waals surface area contributed by atoms with Crippen molar-refractivity contribution in [1.82, 2.24) is 24.6 Å². The lowest BCUT2D eigenvalue weighted by Crippen LogP contribution is -2.25. The Balaban J connectivity index is 1.61. The highest BCUT2D eigenvalue weighted by Crippen LogP contribution is 2.34. The van der Waals surface area contributed by atoms with Gasteiger partial charge in [-0.2, -0.15) is 5.10 Å². The van der Waals surface area contributed by atoms with Crippen molar-refractivity contribution in [2.45, 2.75) is 51.1 Å². The van der Waals surface area contributed by atoms with Crippen LogP contribution in [0.4, 0.5) is 0 Å². The van der Waals surface area contributed by atoms with Crippen LogP contribution in [0.5, 0.6) is 0 Å². The number of nitrogens with one attached hydrogen (secondary N) is 1. The first-order valence-electron chi connectivity index (χ1n) is 8.09. The van der Waals surface area contributed by atoms with Crippen LogP contribution >= 0.6 is 0 Å². The molecule has 1 aliphatic heterocycles. The zero-order chi connectivity index (χ0) is 14.2. The Morgan fingerprint density at radius 1 is 1.29 bits per heavy atom. The number of hydrogen-bond acceptors (Lipinski definition) is 3. The fraction of sp³-hybridized carbons (Fsp3) is 0.625. The van der Waals surface area contributed by atoms with E-state index in [1.54, 1.807) is 0 Å². The molecule has 2 aromatic heterocycles. The molecule has 0 saturated carbocycles. The lowest BCUT2D eigenvalue weighted by atomic mass is 10.0. The van der Waals surface area contributed by atoms with Crippen LogP contribution in [0.15, 0.2) is 12.3 Å². The maximum absolute atomic E-state index is 5.01. The first-order valence-corrected chi connectivity index (χ1v) is 8.09. The van der Waals surface area contributed by atoms with Gasteiger partial charge in [-0.05, 0) is 51.1 Å². The van der Waals surface area contributed by atoms with E-state index in [-0.39, 0.29) is 0 Å². The van der Waals surface area contributed by atoms with Crippen LogP contribution in [0.25, 0.3) is 0 Å². The monoisotopic (exact) mass is 285 g/mol. The maximum atomic E-state index is 5.01. The molecule has 4 rings (SSSR count). The van der Waals surface area contributed by atoms with Crippen LogP contribution in [0.1, 0.15) is 54.6 Å². The van der Waals surface area contributed by atoms with Crippen molar-refractivity contribution in [2.24, 2.45) is 7.05 Å². The predicted octanol–water partition coefficient (Wildman–Crippen LogP) is 2.36. The van der Waals surface area contributed by atoms with Gasteiger partial charge in [-0.1, -0.05) is 0 Å². The fourth-order valence-electron chi connectivity index (χ4n) is 3.90. The Morgan fingerprint density at radius 3 is 3.00 bits per heavy atom. The van der Waals surface area contributed by atoms with Gasteiger partial charge in [-0.25, -0.2) is 4.98 Å². The number of hydrogen-bond donors (Lipinski definition) is 1. The minimum Gasteiger partial charge on any atom is -0.334 e. The van der Waals surface area contributed by atoms with E-state index in [1.807, 2.05) is 6.20 Å². The number of likely N-dealkylation sites (tertiary alicyclic amines) is 1. The highest BCUT2D eigenvalue weighted by Gasteiger charge is 2.31. The molecular weight excluding hydrogens is 262 g/mol. The summed E-state index contributed by atoms with van der Waals surface area (Å²) < 4.78 is 2.38. The number of rotatable bonds is 3. The van der Waals surface area contributed by atoms with Crippen molar-refractivity contribution in [3.8, 4) is 0 Å². The number of aryl methyl sites for hydroxylation is 1. The van der Waals surface area contributed by atoms with E-state index in [1.165, 1.54) is 55.0 Å². The summed E-state index contributed by atoms with van der Waals surface area (Å²) >= 11 is 0. The molecule has 5 heteroatoms. The molecule has 2 aromatic rings. The first kappa shape index (κ1) is 13.1. The maximum Gasteiger partial charge on any atom is 0.126 e. The number of aromatic amines is 1. The molecule has 0 spiro atoms. The van der Waals surface area contributed by atoms with Crippen molar-refractivity contribution in [2.75, 3.05) is 6.54 Å². The van der Waals surface area contributed by atoms with Crippen LogP contribution in [0.3, 0.4) is 0 Å². The Hall–Kier alpha value is -1.62. The molecule has 112 valence electrons. The van der Waals surface area contributed by atoms with Crippen LogP contribution < -0.4 is 0 Å². The fourth-order valence-corrected chi connectivity index (χ4v) is 3.90. The van der Waals surface area contributed by atoms with Gasteiger partial charge in [0.15, 0.2) is 0 Å². The molecule has 1 atom stereocenters. The van der Waals surface area contributed by atoms with Crippen LogP contribution in [0.2, 0.25) is 0 Å². The van der Waals surface area contributed by atoms with E-state index in [0.29, 0.717) is 6.04 Å². The van der Waals surface area contributed by atoms with Gasteiger partial charge < -0.3 is 4.57 Å². The molecular formula is C16H23N5. The second kappa shape index (κ2) is 5.30. The normalized spacial score (nSPS) is 22.6. The Kier molecular flexibility index (Phi) is 3.30. The Bertz CT molecular complexity index is 613. The molecule has 1 N–H and O–H groups in total. The molecule has 5 nitrogen and oxygen atoms in total. The summed E-state index contributed by atoms with van der Waals surface area (Å²) in [6.45, 7) is 2.10. The molecule has 0 bridgehead atoms. The summed E-state index contributed by atoms with van der Waals surface area (Å²) in [6, 6.07) is 2.53. The predicted molar refractivity (Wildman–Crippen MR) is 80.8 cm³/mol. The summed E-state index contributed by atoms with van der Waals surface area (Å²) in [4.78, 5) is 7.55. The second-order valence-corrected chi connectivity index (χ2v) is 6.34. The van der Waals surface area contributed by atoms with E-state index >= 15 is 0 Å². The lowest BCUT2D eigenvalue weighted by Gasteiger charge is -2.23. The minimum absolute atomic E-state index is 0.462. The Morgan fingerprint density at radius 2 is 2.19 bits per heavy atom. The average molecular weight is 285 g/mol. The molecule has 1 saturated heterocycles. The molecule has 0 aromatic carbocycles. The molecule has 3 heterocycles. The van der Waals surface area contributed by atoms with Crippen molar-refractivity contribution < 1.29 is 0 Å². The summed E-state index contributed by atoms with van der Waals surface area (Å²) in [5, 5.41) is 7.14. The molecule has 0 radical (unpaired) electrons. The van der Waals surface area contributed by atoms with E-state index < -0.39 is 0 Å². The Labute approximate surface area is 125 Å². The van der Waals surface area contributed by atoms with Crippen LogP contribution in [-0.2, 0) is 26.4 Å². The highest BCUT2D eigenvalue weighted by atomic mass is 15.2. The smallest absolute Gasteiger partial charge is 0.126 e. The van der Waals surface area contributed by atoms with Gasteiger partial charge in [0.2, 0.25) is 0 Å². The van der Waals surface area contributed by atoms with Gasteiger partial charge in [0, 0.05) is 31.2 Å². The van der Waals surface area contributed by atoms with Crippen LogP contribution in [-0.4, -0.2) is 31.2 Å². The SMILES string of the molecule is Cn1c([C@H]2CCCN2Cc2ccn[nH]2)nc2c1CCCC2. The summed E-state index contributed by atoms with van der Waals surface area (Å²) in [7, 11) is 2.21. The summed E-state index contributed by atoms with van der Waals surface area (Å²) in [5.74, 6) is 1.28. The number of fused-ring (bicyclic) bond motifs is 1. The first-order chi connectivity index (χ1) is 10.3. The van der Waals surface area contributed by atoms with E-state index in [4.69, 9.17) is 4.98 Å². The quantitative estimate of drug-likeness (QED) is 0.942. The van der Waals surface area contributed by atoms with Crippen molar-refractivity contribution in [1.29, 1.82) is 0 Å². The number of aromatic nitrogens is 4. The molecule has 0 unspecified atom stereocenters. The number of nitrogens with zero attached hydrogens (tertiary/aromatic N) is 4. The average Bonchev–Trinajstić information content (AvgIpc) is 3.21. The topological polar surface area (TPSA) is 49.7 Å². The number of imidazole rings is 1. The third kappa shape index (κ3) is 2.29. The third-order valence-corrected chi connectivity index (χ3v) is 5.00. The molecule has 0 amide bonds. The van der Waals surface area contributed by atoms with Gasteiger partial charge in [-0.3, -0.25) is 10.00 Å². The summed E-state index contributed by atoms with van der Waals surface area (Å²) in [6.07, 6.45) is 9.29. The van der Waals surface area contributed by atoms with Gasteiger partial charge in [0.25, 0.3) is 0 Å². The van der Waals surface area contributed by atoms with Crippen molar-refractivity contribution in [3.63, 3.8) is 0 Å². The summed E-state index contributed by atoms with van der Waals surface area (Å²) in [5.41, 5.74) is 4.03. The zero-order valence-electron chi connectivity index (χ0n) is 12.7. The minimum atomic E-state index is 0.462. The third-order valence-electron chi connectivity index (χ3n) is 5.00. The van der Waals surface area contributed by atoms with Crippen LogP contribution in [0, 0.1) is 0 Å². The van der Waals surface area contributed by atoms with E-state index in [0.717, 1.165) is 19.5 Å². The molecule has 1 aliphatic carbocycles. The standard InChI is InChI=1S/C16H23N5/c1-20-14-6-3-2-5-13(14)18-16(20)15-7-4-10-21(15)11-12-8-9-17-19-12/h8-9,15H,2-7,10-11H2,1H3,(H,17,19)/t15-/m1/s1. The lowest BCUT2D eigenvalue weighted by molar-refractivity contribution is 0.233. The zero-order valence-corrected chi connectivity index (χ0v) is 12.7. The van der Waals surface area contributed by atoms with E-state index in [9.17, 15) is 0 Å². The number of H-pyrrole nitrogens is 1. The van der Waals surface area contributed by atoms with Crippen molar-refractivity contribution >= 4 is 0 Å².